The average Bonchev–Trinajstić information content (AvgIpc) is 3.35. The van der Waals surface area contributed by atoms with Crippen molar-refractivity contribution in [2.75, 3.05) is 32.0 Å². The molecule has 1 fully saturated rings. The Morgan fingerprint density at radius 1 is 1.18 bits per heavy atom. The number of nitrogens with zero attached hydrogens (tertiary/aromatic N) is 1. The van der Waals surface area contributed by atoms with Gasteiger partial charge in [0.2, 0.25) is 10.0 Å². The van der Waals surface area contributed by atoms with E-state index in [4.69, 9.17) is 19.7 Å². The van der Waals surface area contributed by atoms with E-state index in [2.05, 4.69) is 5.32 Å². The summed E-state index contributed by atoms with van der Waals surface area (Å²) in [7, 11) is -9.26. The zero-order valence-corrected chi connectivity index (χ0v) is 26.6. The molecular formula is C25H37N3NaO9PS. The van der Waals surface area contributed by atoms with Gasteiger partial charge in [0.1, 0.15) is 12.2 Å². The number of rotatable bonds is 13. The Morgan fingerprint density at radius 2 is 1.82 bits per heavy atom. The fraction of sp³-hybridized carbons (Fsp3) is 0.480. The molecule has 2 aromatic rings. The van der Waals surface area contributed by atoms with Gasteiger partial charge in [0.25, 0.3) is 0 Å². The van der Waals surface area contributed by atoms with Gasteiger partial charge in [-0.05, 0) is 42.2 Å². The number of hydrogen-bond acceptors (Lipinski definition) is 8. The topological polar surface area (TPSA) is 178 Å². The molecule has 2 aromatic carbocycles. The quantitative estimate of drug-likeness (QED) is 0.133. The van der Waals surface area contributed by atoms with Crippen molar-refractivity contribution in [3.8, 4) is 0 Å². The van der Waals surface area contributed by atoms with Gasteiger partial charge < -0.3 is 31.7 Å². The SMILES string of the molecule is CC(C)CN(C[C@@H](OP(=O)(O)O)[C@H](Cc1ccccc1)NC(=O)O[C@H]1CCOC1)S(=O)(=O)c1ccc(N)cc1.[H-].[Na+]. The third kappa shape index (κ3) is 11.1. The van der Waals surface area contributed by atoms with E-state index in [9.17, 15) is 27.6 Å². The largest absolute Gasteiger partial charge is 1.00 e. The first-order chi connectivity index (χ1) is 18.3. The standard InChI is InChI=1S/C25H36N3O9PS.Na.H/c1-18(2)15-28(39(33,34)22-10-8-20(26)9-11-22)16-24(37-38(30,31)32)23(14-19-6-4-3-5-7-19)27-25(29)36-21-12-13-35-17-21;;/h3-11,18,21,23-24H,12-17,26H2,1-2H3,(H,27,29)(H2,30,31,32);;/q;+1;-1/t21-,23-,24+;;/m0../s1. The van der Waals surface area contributed by atoms with Gasteiger partial charge in [-0.2, -0.15) is 4.31 Å². The molecule has 12 nitrogen and oxygen atoms in total. The van der Waals surface area contributed by atoms with Crippen LogP contribution in [0.2, 0.25) is 0 Å². The molecule has 0 bridgehead atoms. The minimum absolute atomic E-state index is 0. The number of anilines is 1. The van der Waals surface area contributed by atoms with Crippen molar-refractivity contribution < 1.29 is 72.5 Å². The van der Waals surface area contributed by atoms with Crippen molar-refractivity contribution in [2.24, 2.45) is 5.92 Å². The van der Waals surface area contributed by atoms with E-state index in [1.807, 2.05) is 13.8 Å². The summed E-state index contributed by atoms with van der Waals surface area (Å²) in [5.41, 5.74) is 6.82. The van der Waals surface area contributed by atoms with Crippen LogP contribution in [0.25, 0.3) is 0 Å². The molecule has 3 atom stereocenters. The summed E-state index contributed by atoms with van der Waals surface area (Å²) in [5.74, 6) is -0.142. The molecule has 1 heterocycles. The van der Waals surface area contributed by atoms with Gasteiger partial charge >= 0.3 is 43.5 Å². The van der Waals surface area contributed by atoms with Gasteiger partial charge in [0.15, 0.2) is 0 Å². The Labute approximate surface area is 258 Å². The maximum Gasteiger partial charge on any atom is 1.00 e. The Kier molecular flexibility index (Phi) is 13.6. The predicted molar refractivity (Wildman–Crippen MR) is 145 cm³/mol. The summed E-state index contributed by atoms with van der Waals surface area (Å²) >= 11 is 0. The molecule has 1 saturated heterocycles. The maximum absolute atomic E-state index is 13.6. The van der Waals surface area contributed by atoms with E-state index in [1.165, 1.54) is 24.3 Å². The second kappa shape index (κ2) is 15.6. The van der Waals surface area contributed by atoms with E-state index in [0.29, 0.717) is 18.7 Å². The zero-order chi connectivity index (χ0) is 28.6. The third-order valence-corrected chi connectivity index (χ3v) is 8.35. The number of nitrogen functional groups attached to an aromatic ring is 1. The fourth-order valence-corrected chi connectivity index (χ4v) is 6.35. The number of hydrogen-bond donors (Lipinski definition) is 4. The number of ether oxygens (including phenoxy) is 2. The number of carbonyl (C=O) groups is 1. The van der Waals surface area contributed by atoms with Crippen LogP contribution in [-0.2, 0) is 35.0 Å². The van der Waals surface area contributed by atoms with Crippen LogP contribution in [0.1, 0.15) is 27.3 Å². The monoisotopic (exact) mass is 609 g/mol. The number of phosphoric ester groups is 1. The van der Waals surface area contributed by atoms with Gasteiger partial charge in [-0.15, -0.1) is 0 Å². The van der Waals surface area contributed by atoms with Crippen molar-refractivity contribution in [1.29, 1.82) is 0 Å². The number of phosphoric acid groups is 1. The first-order valence-electron chi connectivity index (χ1n) is 12.5. The number of alkyl carbamates (subject to hydrolysis) is 1. The maximum atomic E-state index is 13.6. The first kappa shape index (κ1) is 34.7. The molecule has 0 unspecified atom stereocenters. The molecule has 5 N–H and O–H groups in total. The molecule has 0 radical (unpaired) electrons. The van der Waals surface area contributed by atoms with Crippen LogP contribution < -0.4 is 40.6 Å². The van der Waals surface area contributed by atoms with Crippen LogP contribution in [-0.4, -0.2) is 73.2 Å². The van der Waals surface area contributed by atoms with Crippen LogP contribution in [0, 0.1) is 5.92 Å². The summed E-state index contributed by atoms with van der Waals surface area (Å²) in [5, 5.41) is 2.65. The van der Waals surface area contributed by atoms with E-state index in [1.54, 1.807) is 30.3 Å². The molecule has 1 aliphatic heterocycles. The molecule has 0 aliphatic carbocycles. The Hall–Kier alpha value is -1.51. The molecule has 0 saturated carbocycles. The van der Waals surface area contributed by atoms with Gasteiger partial charge in [-0.3, -0.25) is 4.52 Å². The van der Waals surface area contributed by atoms with Crippen molar-refractivity contribution in [2.45, 2.75) is 49.8 Å². The van der Waals surface area contributed by atoms with Crippen LogP contribution in [0.5, 0.6) is 0 Å². The number of nitrogens with two attached hydrogens (primary N) is 1. The van der Waals surface area contributed by atoms with Crippen LogP contribution in [0.4, 0.5) is 10.5 Å². The van der Waals surface area contributed by atoms with E-state index in [-0.39, 0.29) is 61.4 Å². The minimum Gasteiger partial charge on any atom is -1.00 e. The molecule has 0 aromatic heterocycles. The second-order valence-electron chi connectivity index (χ2n) is 9.75. The van der Waals surface area contributed by atoms with Crippen LogP contribution >= 0.6 is 7.82 Å². The second-order valence-corrected chi connectivity index (χ2v) is 12.9. The normalized spacial score (nSPS) is 17.3. The smallest absolute Gasteiger partial charge is 1.00 e. The predicted octanol–water partition coefficient (Wildman–Crippen LogP) is -0.364. The summed E-state index contributed by atoms with van der Waals surface area (Å²) in [6.07, 6.45) is -2.14. The van der Waals surface area contributed by atoms with Crippen molar-refractivity contribution >= 4 is 29.6 Å². The molecule has 0 spiro atoms. The van der Waals surface area contributed by atoms with Gasteiger partial charge in [0, 0.05) is 25.2 Å². The number of sulfonamides is 1. The number of nitrogens with one attached hydrogen (secondary N) is 1. The zero-order valence-electron chi connectivity index (χ0n) is 23.9. The van der Waals surface area contributed by atoms with Crippen molar-refractivity contribution in [3.05, 3.63) is 60.2 Å². The van der Waals surface area contributed by atoms with E-state index >= 15 is 0 Å². The van der Waals surface area contributed by atoms with E-state index < -0.39 is 48.7 Å². The molecular weight excluding hydrogens is 572 g/mol. The fourth-order valence-electron chi connectivity index (χ4n) is 4.16. The number of amides is 1. The third-order valence-electron chi connectivity index (χ3n) is 5.96. The summed E-state index contributed by atoms with van der Waals surface area (Å²) < 4.78 is 56.2. The summed E-state index contributed by atoms with van der Waals surface area (Å²) in [6, 6.07) is 13.5. The van der Waals surface area contributed by atoms with Crippen molar-refractivity contribution in [3.63, 3.8) is 0 Å². The molecule has 3 rings (SSSR count). The van der Waals surface area contributed by atoms with E-state index in [0.717, 1.165) is 9.87 Å². The molecule has 218 valence electrons. The van der Waals surface area contributed by atoms with Gasteiger partial charge in [0.05, 0.1) is 24.2 Å². The first-order valence-corrected chi connectivity index (χ1v) is 15.5. The summed E-state index contributed by atoms with van der Waals surface area (Å²) in [4.78, 5) is 32.3. The average molecular weight is 610 g/mol. The Bertz CT molecular complexity index is 1230. The molecule has 15 heteroatoms. The molecule has 40 heavy (non-hydrogen) atoms. The van der Waals surface area contributed by atoms with Crippen LogP contribution in [0.15, 0.2) is 59.5 Å². The Morgan fingerprint density at radius 3 is 2.38 bits per heavy atom. The van der Waals surface area contributed by atoms with Gasteiger partial charge in [-0.25, -0.2) is 17.8 Å². The van der Waals surface area contributed by atoms with Crippen LogP contribution in [0.3, 0.4) is 0 Å². The molecule has 1 amide bonds. The number of carbonyl (C=O) groups excluding carboxylic acids is 1. The van der Waals surface area contributed by atoms with Gasteiger partial charge in [-0.1, -0.05) is 44.2 Å². The minimum atomic E-state index is -5.12. The summed E-state index contributed by atoms with van der Waals surface area (Å²) in [6.45, 7) is 3.87. The molecule has 1 aliphatic rings. The van der Waals surface area contributed by atoms with Crippen molar-refractivity contribution in [1.82, 2.24) is 9.62 Å². The Balaban J connectivity index is 0.00000420. The number of benzene rings is 2.